The van der Waals surface area contributed by atoms with Crippen LogP contribution in [0.5, 0.6) is 0 Å². The van der Waals surface area contributed by atoms with E-state index in [0.717, 1.165) is 38.5 Å². The number of nitrogens with one attached hydrogen (secondary N) is 4. The van der Waals surface area contributed by atoms with E-state index in [1.165, 1.54) is 12.1 Å². The molecule has 1 aromatic rings. The number of ether oxygens (including phenoxy) is 4. The number of carbonyl (C=O) groups excluding carboxylic acids is 3. The molecule has 4 N–H and O–H groups in total. The zero-order valence-corrected chi connectivity index (χ0v) is 28.4. The van der Waals surface area contributed by atoms with Crippen LogP contribution in [0.2, 0.25) is 0 Å². The fraction of sp³-hybridized carbons (Fsp3) is 0.735. The van der Waals surface area contributed by atoms with Crippen molar-refractivity contribution in [1.29, 1.82) is 0 Å². The Morgan fingerprint density at radius 1 is 0.812 bits per heavy atom. The van der Waals surface area contributed by atoms with Crippen molar-refractivity contribution >= 4 is 18.0 Å². The first-order chi connectivity index (χ1) is 22.8. The SMILES string of the molecule is CC(C)(C)OC(=O)NCCOCCOCCOCCNC(=O)NC12CC3CC(CC(NCC(=O)N4Cc5cc(F)c(F)cc5C4)(C3)C1)C2. The molecule has 4 saturated carbocycles. The third-order valence-electron chi connectivity index (χ3n) is 9.56. The molecule has 5 aliphatic rings. The maximum Gasteiger partial charge on any atom is 0.407 e. The molecule has 2 atom stereocenters. The Bertz CT molecular complexity index is 1260. The Morgan fingerprint density at radius 3 is 1.90 bits per heavy atom. The van der Waals surface area contributed by atoms with Gasteiger partial charge in [-0.15, -0.1) is 0 Å². The van der Waals surface area contributed by atoms with E-state index in [-0.39, 0.29) is 42.7 Å². The van der Waals surface area contributed by atoms with Gasteiger partial charge in [-0.3, -0.25) is 4.79 Å². The number of urea groups is 1. The smallest absolute Gasteiger partial charge is 0.407 e. The van der Waals surface area contributed by atoms with Gasteiger partial charge in [-0.05, 0) is 94.4 Å². The van der Waals surface area contributed by atoms with Crippen molar-refractivity contribution in [3.63, 3.8) is 0 Å². The van der Waals surface area contributed by atoms with Crippen LogP contribution < -0.4 is 21.3 Å². The number of amides is 4. The highest BCUT2D eigenvalue weighted by Gasteiger charge is 2.58. The first-order valence-electron chi connectivity index (χ1n) is 17.1. The highest BCUT2D eigenvalue weighted by molar-refractivity contribution is 5.79. The average Bonchev–Trinajstić information content (AvgIpc) is 3.39. The molecule has 0 aromatic heterocycles. The van der Waals surface area contributed by atoms with E-state index in [1.54, 1.807) is 25.7 Å². The van der Waals surface area contributed by atoms with Crippen molar-refractivity contribution in [2.24, 2.45) is 11.8 Å². The summed E-state index contributed by atoms with van der Waals surface area (Å²) in [6, 6.07) is 2.16. The highest BCUT2D eigenvalue weighted by Crippen LogP contribution is 2.57. The van der Waals surface area contributed by atoms with Gasteiger partial charge >= 0.3 is 12.1 Å². The summed E-state index contributed by atoms with van der Waals surface area (Å²) in [5.41, 5.74) is 0.226. The van der Waals surface area contributed by atoms with Crippen LogP contribution in [0.1, 0.15) is 70.4 Å². The standard InChI is InChI=1S/C34H51F2N5O7/c1-32(2,3)48-31(44)38-5-7-46-9-11-47-10-8-45-6-4-37-30(43)40-34-17-23-12-24(18-34)16-33(15-23,22-34)39-19-29(42)41-20-25-13-27(35)28(36)14-26(25)21-41/h13-14,23-24,39H,4-12,15-22H2,1-3H3,(H,38,44)(H2,37,40,43). The molecule has 4 aliphatic carbocycles. The summed E-state index contributed by atoms with van der Waals surface area (Å²) < 4.78 is 49.0. The van der Waals surface area contributed by atoms with Crippen molar-refractivity contribution < 1.29 is 42.1 Å². The van der Waals surface area contributed by atoms with Gasteiger partial charge in [-0.25, -0.2) is 18.4 Å². The lowest BCUT2D eigenvalue weighted by atomic mass is 9.50. The third-order valence-corrected chi connectivity index (χ3v) is 9.56. The zero-order chi connectivity index (χ0) is 34.4. The largest absolute Gasteiger partial charge is 0.444 e. The van der Waals surface area contributed by atoms with Crippen molar-refractivity contribution in [1.82, 2.24) is 26.2 Å². The van der Waals surface area contributed by atoms with Crippen LogP contribution in [-0.2, 0) is 36.8 Å². The number of hydrogen-bond acceptors (Lipinski definition) is 8. The summed E-state index contributed by atoms with van der Waals surface area (Å²) in [6.07, 6.45) is 5.27. The molecular formula is C34H51F2N5O7. The number of nitrogens with zero attached hydrogens (tertiary/aromatic N) is 1. The van der Waals surface area contributed by atoms with Gasteiger partial charge in [-0.1, -0.05) is 0 Å². The van der Waals surface area contributed by atoms with E-state index in [4.69, 9.17) is 18.9 Å². The van der Waals surface area contributed by atoms with Crippen LogP contribution in [0.25, 0.3) is 0 Å². The monoisotopic (exact) mass is 679 g/mol. The summed E-state index contributed by atoms with van der Waals surface area (Å²) in [4.78, 5) is 39.3. The molecule has 0 spiro atoms. The van der Waals surface area contributed by atoms with Gasteiger partial charge in [0.2, 0.25) is 5.91 Å². The number of fused-ring (bicyclic) bond motifs is 1. The molecule has 1 heterocycles. The predicted octanol–water partition coefficient (Wildman–Crippen LogP) is 3.36. The van der Waals surface area contributed by atoms with Crippen LogP contribution in [0, 0.1) is 23.5 Å². The maximum absolute atomic E-state index is 13.7. The number of carbonyl (C=O) groups is 3. The molecule has 48 heavy (non-hydrogen) atoms. The summed E-state index contributed by atoms with van der Waals surface area (Å²) in [5, 5.41) is 12.4. The van der Waals surface area contributed by atoms with Gasteiger partial charge in [0.15, 0.2) is 11.6 Å². The van der Waals surface area contributed by atoms with E-state index < -0.39 is 23.3 Å². The van der Waals surface area contributed by atoms with Gasteiger partial charge in [0, 0.05) is 37.3 Å². The molecule has 14 heteroatoms. The van der Waals surface area contributed by atoms with Gasteiger partial charge in [0.1, 0.15) is 5.60 Å². The minimum Gasteiger partial charge on any atom is -0.444 e. The average molecular weight is 680 g/mol. The maximum atomic E-state index is 13.7. The fourth-order valence-electron chi connectivity index (χ4n) is 8.16. The molecule has 2 unspecified atom stereocenters. The number of halogens is 2. The Balaban J connectivity index is 0.931. The zero-order valence-electron chi connectivity index (χ0n) is 28.4. The van der Waals surface area contributed by atoms with Crippen molar-refractivity contribution in [2.75, 3.05) is 59.3 Å². The molecule has 4 fully saturated rings. The number of alkyl carbamates (subject to hydrolysis) is 1. The molecule has 0 radical (unpaired) electrons. The summed E-state index contributed by atoms with van der Waals surface area (Å²) in [7, 11) is 0. The van der Waals surface area contributed by atoms with Gasteiger partial charge in [0.25, 0.3) is 0 Å². The van der Waals surface area contributed by atoms with Crippen LogP contribution in [-0.4, -0.2) is 98.9 Å². The second-order valence-electron chi connectivity index (χ2n) is 14.8. The van der Waals surface area contributed by atoms with E-state index in [2.05, 4.69) is 21.3 Å². The lowest BCUT2D eigenvalue weighted by molar-refractivity contribution is -0.132. The molecule has 268 valence electrons. The fourth-order valence-corrected chi connectivity index (χ4v) is 8.16. The Labute approximate surface area is 281 Å². The third kappa shape index (κ3) is 9.99. The van der Waals surface area contributed by atoms with E-state index in [1.807, 2.05) is 0 Å². The number of rotatable bonds is 16. The topological polar surface area (TPSA) is 139 Å². The van der Waals surface area contributed by atoms with Crippen LogP contribution >= 0.6 is 0 Å². The van der Waals surface area contributed by atoms with E-state index in [9.17, 15) is 23.2 Å². The first-order valence-corrected chi connectivity index (χ1v) is 17.1. The predicted molar refractivity (Wildman–Crippen MR) is 172 cm³/mol. The summed E-state index contributed by atoms with van der Waals surface area (Å²) in [5.74, 6) is -0.906. The minimum atomic E-state index is -0.892. The van der Waals surface area contributed by atoms with E-state index >= 15 is 0 Å². The van der Waals surface area contributed by atoms with E-state index in [0.29, 0.717) is 75.7 Å². The molecule has 1 aromatic carbocycles. The normalized spacial score (nSPS) is 25.6. The van der Waals surface area contributed by atoms with Gasteiger partial charge in [0.05, 0.1) is 46.2 Å². The molecule has 1 aliphatic heterocycles. The Hall–Kier alpha value is -3.07. The van der Waals surface area contributed by atoms with Crippen molar-refractivity contribution in [2.45, 2.75) is 89.1 Å². The van der Waals surface area contributed by atoms with Gasteiger partial charge in [-0.2, -0.15) is 0 Å². The lowest BCUT2D eigenvalue weighted by Crippen LogP contribution is -2.70. The quantitative estimate of drug-likeness (QED) is 0.195. The Morgan fingerprint density at radius 2 is 1.33 bits per heavy atom. The molecule has 4 bridgehead atoms. The number of hydrogen-bond donors (Lipinski definition) is 4. The molecule has 0 saturated heterocycles. The second-order valence-corrected chi connectivity index (χ2v) is 14.8. The van der Waals surface area contributed by atoms with Crippen LogP contribution in [0.3, 0.4) is 0 Å². The molecule has 6 rings (SSSR count). The van der Waals surface area contributed by atoms with Crippen LogP contribution in [0.4, 0.5) is 18.4 Å². The van der Waals surface area contributed by atoms with Gasteiger partial charge < -0.3 is 45.1 Å². The molecule has 4 amide bonds. The van der Waals surface area contributed by atoms with Crippen LogP contribution in [0.15, 0.2) is 12.1 Å². The second kappa shape index (κ2) is 15.6. The van der Waals surface area contributed by atoms with Crippen molar-refractivity contribution in [3.05, 3.63) is 34.9 Å². The molecule has 12 nitrogen and oxygen atoms in total. The lowest BCUT2D eigenvalue weighted by Gasteiger charge is -2.62. The first kappa shape index (κ1) is 36.2. The Kier molecular flexibility index (Phi) is 11.8. The number of benzene rings is 1. The summed E-state index contributed by atoms with van der Waals surface area (Å²) in [6.45, 7) is 9.14. The summed E-state index contributed by atoms with van der Waals surface area (Å²) >= 11 is 0. The highest BCUT2D eigenvalue weighted by atomic mass is 19.2. The van der Waals surface area contributed by atoms with Crippen molar-refractivity contribution in [3.8, 4) is 0 Å². The minimum absolute atomic E-state index is 0.0917. The molecular weight excluding hydrogens is 628 g/mol.